The predicted octanol–water partition coefficient (Wildman–Crippen LogP) is 2.71. The van der Waals surface area contributed by atoms with Crippen molar-refractivity contribution in [1.82, 2.24) is 15.2 Å². The molecule has 0 radical (unpaired) electrons. The number of nitrogens with zero attached hydrogens (tertiary/aromatic N) is 3. The van der Waals surface area contributed by atoms with E-state index >= 15 is 0 Å². The van der Waals surface area contributed by atoms with E-state index in [4.69, 9.17) is 4.42 Å². The molecule has 0 spiro atoms. The molecule has 1 amide bonds. The summed E-state index contributed by atoms with van der Waals surface area (Å²) in [6.45, 7) is 5.15. The lowest BCUT2D eigenvalue weighted by atomic mass is 9.89. The van der Waals surface area contributed by atoms with Crippen LogP contribution < -0.4 is 10.2 Å². The van der Waals surface area contributed by atoms with Crippen molar-refractivity contribution in [3.63, 3.8) is 0 Å². The molecule has 2 aromatic rings. The number of piperidine rings is 1. The lowest BCUT2D eigenvalue weighted by Gasteiger charge is -2.35. The van der Waals surface area contributed by atoms with Crippen molar-refractivity contribution in [1.29, 1.82) is 0 Å². The summed E-state index contributed by atoms with van der Waals surface area (Å²) in [6.07, 6.45) is 5.64. The van der Waals surface area contributed by atoms with Gasteiger partial charge < -0.3 is 19.5 Å². The smallest absolute Gasteiger partial charge is 0.298 e. The molecule has 3 fully saturated rings. The molecule has 1 N–H and O–H groups in total. The Morgan fingerprint density at radius 3 is 2.67 bits per heavy atom. The summed E-state index contributed by atoms with van der Waals surface area (Å²) >= 11 is 0. The van der Waals surface area contributed by atoms with Gasteiger partial charge in [0.2, 0.25) is 5.91 Å². The second-order valence-corrected chi connectivity index (χ2v) is 8.51. The third-order valence-electron chi connectivity index (χ3n) is 6.47. The maximum absolute atomic E-state index is 12.8. The van der Waals surface area contributed by atoms with E-state index in [-0.39, 0.29) is 0 Å². The Kier molecular flexibility index (Phi) is 4.31. The average Bonchev–Trinajstić information content (AvgIpc) is 3.24. The zero-order valence-electron chi connectivity index (χ0n) is 16.0. The third-order valence-corrected chi connectivity index (χ3v) is 6.47. The lowest BCUT2D eigenvalue weighted by molar-refractivity contribution is -0.132. The van der Waals surface area contributed by atoms with Crippen molar-refractivity contribution in [2.24, 2.45) is 5.92 Å². The first-order valence-corrected chi connectivity index (χ1v) is 10.3. The molecular formula is C21H28N4O2. The Labute approximate surface area is 159 Å². The number of rotatable bonds is 3. The van der Waals surface area contributed by atoms with Crippen LogP contribution in [0.25, 0.3) is 11.1 Å². The molecule has 6 nitrogen and oxygen atoms in total. The van der Waals surface area contributed by atoms with Gasteiger partial charge in [0.25, 0.3) is 6.01 Å². The van der Waals surface area contributed by atoms with Crippen molar-refractivity contribution >= 4 is 23.0 Å². The van der Waals surface area contributed by atoms with Crippen LogP contribution in [0.2, 0.25) is 0 Å². The normalized spacial score (nSPS) is 28.1. The molecule has 0 saturated carbocycles. The highest BCUT2D eigenvalue weighted by Gasteiger charge is 2.35. The fraction of sp³-hybridized carbons (Fsp3) is 0.619. The van der Waals surface area contributed by atoms with E-state index in [9.17, 15) is 4.79 Å². The number of amides is 1. The highest BCUT2D eigenvalue weighted by molar-refractivity contribution is 5.77. The monoisotopic (exact) mass is 368 g/mol. The van der Waals surface area contributed by atoms with Gasteiger partial charge in [0, 0.05) is 44.7 Å². The van der Waals surface area contributed by atoms with Gasteiger partial charge in [0.15, 0.2) is 5.58 Å². The van der Waals surface area contributed by atoms with Crippen molar-refractivity contribution < 1.29 is 9.21 Å². The van der Waals surface area contributed by atoms with Gasteiger partial charge >= 0.3 is 0 Å². The van der Waals surface area contributed by atoms with Gasteiger partial charge in [-0.1, -0.05) is 6.07 Å². The van der Waals surface area contributed by atoms with Crippen LogP contribution in [0, 0.1) is 12.8 Å². The maximum Gasteiger partial charge on any atom is 0.298 e. The number of carbonyl (C=O) groups is 1. The topological polar surface area (TPSA) is 61.6 Å². The van der Waals surface area contributed by atoms with Crippen molar-refractivity contribution in [2.75, 3.05) is 31.1 Å². The summed E-state index contributed by atoms with van der Waals surface area (Å²) in [7, 11) is 0. The standard InChI is InChI=1S/C21H28N4O2/c1-14-2-5-19-18(10-14)23-21(27-19)25-8-6-24(7-9-25)20(26)13-15-11-16-3-4-17(12-15)22-16/h2,5,10,15-17,22H,3-4,6-9,11-13H2,1H3. The quantitative estimate of drug-likeness (QED) is 0.903. The SMILES string of the molecule is Cc1ccc2oc(N3CCN(C(=O)CC4CC5CCC(C4)N5)CC3)nc2c1. The highest BCUT2D eigenvalue weighted by atomic mass is 16.4. The van der Waals surface area contributed by atoms with Gasteiger partial charge in [-0.25, -0.2) is 0 Å². The van der Waals surface area contributed by atoms with E-state index < -0.39 is 0 Å². The molecule has 144 valence electrons. The minimum Gasteiger partial charge on any atom is -0.423 e. The van der Waals surface area contributed by atoms with Crippen LogP contribution in [0.1, 0.15) is 37.7 Å². The Morgan fingerprint density at radius 2 is 1.93 bits per heavy atom. The zero-order chi connectivity index (χ0) is 18.4. The van der Waals surface area contributed by atoms with Gasteiger partial charge in [0.1, 0.15) is 5.52 Å². The van der Waals surface area contributed by atoms with E-state index in [2.05, 4.69) is 22.1 Å². The first kappa shape index (κ1) is 17.0. The van der Waals surface area contributed by atoms with Crippen LogP contribution in [0.3, 0.4) is 0 Å². The summed E-state index contributed by atoms with van der Waals surface area (Å²) in [5, 5.41) is 3.66. The number of nitrogens with one attached hydrogen (secondary N) is 1. The molecule has 0 aliphatic carbocycles. The van der Waals surface area contributed by atoms with Gasteiger partial charge in [-0.3, -0.25) is 4.79 Å². The molecular weight excluding hydrogens is 340 g/mol. The highest BCUT2D eigenvalue weighted by Crippen LogP contribution is 2.33. The molecule has 1 aromatic heterocycles. The average molecular weight is 368 g/mol. The van der Waals surface area contributed by atoms with E-state index in [1.54, 1.807) is 0 Å². The van der Waals surface area contributed by atoms with Crippen molar-refractivity contribution in [3.8, 4) is 0 Å². The number of carbonyl (C=O) groups excluding carboxylic acids is 1. The van der Waals surface area contributed by atoms with E-state index in [0.29, 0.717) is 29.9 Å². The summed E-state index contributed by atoms with van der Waals surface area (Å²) in [4.78, 5) is 21.6. The van der Waals surface area contributed by atoms with Gasteiger partial charge in [0.05, 0.1) is 0 Å². The second kappa shape index (κ2) is 6.82. The molecule has 2 bridgehead atoms. The Bertz CT molecular complexity index is 828. The second-order valence-electron chi connectivity index (χ2n) is 8.51. The number of aromatic nitrogens is 1. The number of fused-ring (bicyclic) bond motifs is 3. The van der Waals surface area contributed by atoms with Crippen LogP contribution in [0.4, 0.5) is 6.01 Å². The Hall–Kier alpha value is -2.08. The van der Waals surface area contributed by atoms with Crippen LogP contribution in [0.5, 0.6) is 0 Å². The number of oxazole rings is 1. The summed E-state index contributed by atoms with van der Waals surface area (Å²) in [5.41, 5.74) is 2.92. The molecule has 1 aromatic carbocycles. The van der Waals surface area contributed by atoms with E-state index in [0.717, 1.165) is 43.7 Å². The summed E-state index contributed by atoms with van der Waals surface area (Å²) in [6, 6.07) is 8.06. The third kappa shape index (κ3) is 3.43. The number of benzene rings is 1. The molecule has 27 heavy (non-hydrogen) atoms. The molecule has 3 saturated heterocycles. The fourth-order valence-corrected chi connectivity index (χ4v) is 5.03. The molecule has 2 atom stereocenters. The minimum atomic E-state index is 0.328. The first-order chi connectivity index (χ1) is 13.1. The number of anilines is 1. The predicted molar refractivity (Wildman–Crippen MR) is 105 cm³/mol. The number of aryl methyl sites for hydroxylation is 1. The van der Waals surface area contributed by atoms with Crippen molar-refractivity contribution in [2.45, 2.75) is 51.1 Å². The largest absolute Gasteiger partial charge is 0.423 e. The van der Waals surface area contributed by atoms with E-state index in [1.807, 2.05) is 23.1 Å². The van der Waals surface area contributed by atoms with Crippen LogP contribution >= 0.6 is 0 Å². The number of piperazine rings is 1. The molecule has 4 heterocycles. The Morgan fingerprint density at radius 1 is 1.19 bits per heavy atom. The zero-order valence-corrected chi connectivity index (χ0v) is 16.0. The van der Waals surface area contributed by atoms with Gasteiger partial charge in [-0.2, -0.15) is 4.98 Å². The number of hydrogen-bond acceptors (Lipinski definition) is 5. The molecule has 5 rings (SSSR count). The Balaban J connectivity index is 1.17. The van der Waals surface area contributed by atoms with Gasteiger partial charge in [-0.15, -0.1) is 0 Å². The number of hydrogen-bond donors (Lipinski definition) is 1. The lowest BCUT2D eigenvalue weighted by Crippen LogP contribution is -2.49. The fourth-order valence-electron chi connectivity index (χ4n) is 5.03. The van der Waals surface area contributed by atoms with Crippen LogP contribution in [0.15, 0.2) is 22.6 Å². The molecule has 3 aliphatic rings. The van der Waals surface area contributed by atoms with E-state index in [1.165, 1.54) is 31.2 Å². The molecule has 6 heteroatoms. The van der Waals surface area contributed by atoms with Crippen LogP contribution in [-0.4, -0.2) is 54.1 Å². The first-order valence-electron chi connectivity index (χ1n) is 10.3. The van der Waals surface area contributed by atoms with Crippen molar-refractivity contribution in [3.05, 3.63) is 23.8 Å². The minimum absolute atomic E-state index is 0.328. The van der Waals surface area contributed by atoms with Crippen LogP contribution in [-0.2, 0) is 4.79 Å². The summed E-state index contributed by atoms with van der Waals surface area (Å²) < 4.78 is 5.91. The van der Waals surface area contributed by atoms with Gasteiger partial charge in [-0.05, 0) is 56.2 Å². The molecule has 2 unspecified atom stereocenters. The maximum atomic E-state index is 12.8. The molecule has 3 aliphatic heterocycles. The summed E-state index contributed by atoms with van der Waals surface area (Å²) in [5.74, 6) is 0.892.